The molecule has 0 aliphatic carbocycles. The quantitative estimate of drug-likeness (QED) is 0.646. The second kappa shape index (κ2) is 5.12. The molecule has 4 rings (SSSR count). The minimum atomic E-state index is -0.290. The highest BCUT2D eigenvalue weighted by Crippen LogP contribution is 2.34. The summed E-state index contributed by atoms with van der Waals surface area (Å²) < 4.78 is 11.4. The molecule has 1 aliphatic heterocycles. The van der Waals surface area contributed by atoms with E-state index in [0.29, 0.717) is 24.4 Å². The molecule has 1 aromatic carbocycles. The van der Waals surface area contributed by atoms with E-state index in [4.69, 9.17) is 9.15 Å². The average Bonchev–Trinajstić information content (AvgIpc) is 2.60. The molecule has 0 N–H and O–H groups in total. The maximum atomic E-state index is 12.1. The van der Waals surface area contributed by atoms with Crippen LogP contribution in [0.4, 0.5) is 5.69 Å². The largest absolute Gasteiger partial charge is 0.473 e. The van der Waals surface area contributed by atoms with E-state index >= 15 is 0 Å². The first-order valence-electron chi connectivity index (χ1n) is 7.49. The van der Waals surface area contributed by atoms with Crippen LogP contribution < -0.4 is 15.3 Å². The Balaban J connectivity index is 1.88. The molecule has 2 aromatic heterocycles. The summed E-state index contributed by atoms with van der Waals surface area (Å²) in [4.78, 5) is 18.3. The van der Waals surface area contributed by atoms with Crippen LogP contribution >= 0.6 is 0 Å². The van der Waals surface area contributed by atoms with E-state index < -0.39 is 0 Å². The molecule has 5 nitrogen and oxygen atoms in total. The van der Waals surface area contributed by atoms with Crippen LogP contribution in [-0.4, -0.2) is 11.7 Å². The van der Waals surface area contributed by atoms with Gasteiger partial charge in [0.2, 0.25) is 0 Å². The Labute approximate surface area is 133 Å². The fourth-order valence-corrected chi connectivity index (χ4v) is 2.92. The van der Waals surface area contributed by atoms with Crippen LogP contribution in [-0.2, 0) is 6.54 Å². The smallest absolute Gasteiger partial charge is 0.339 e. The van der Waals surface area contributed by atoms with Crippen molar-refractivity contribution < 1.29 is 9.15 Å². The normalized spacial score (nSPS) is 13.7. The molecule has 0 fully saturated rings. The number of pyridine rings is 1. The molecule has 0 saturated carbocycles. The minimum Gasteiger partial charge on any atom is -0.473 e. The van der Waals surface area contributed by atoms with Gasteiger partial charge in [-0.1, -0.05) is 0 Å². The lowest BCUT2D eigenvalue weighted by Gasteiger charge is -2.30. The van der Waals surface area contributed by atoms with Crippen molar-refractivity contribution in [3.8, 4) is 5.75 Å². The third-order valence-corrected chi connectivity index (χ3v) is 4.42. The monoisotopic (exact) mass is 308 g/mol. The van der Waals surface area contributed by atoms with Crippen molar-refractivity contribution >= 4 is 16.7 Å². The fraction of sp³-hybridized carbons (Fsp3) is 0.222. The zero-order valence-electron chi connectivity index (χ0n) is 13.0. The molecule has 3 heterocycles. The molecule has 3 aromatic rings. The first-order valence-corrected chi connectivity index (χ1v) is 7.49. The molecule has 0 bridgehead atoms. The van der Waals surface area contributed by atoms with Crippen LogP contribution in [0.1, 0.15) is 16.7 Å². The number of aryl methyl sites for hydroxylation is 1. The average molecular weight is 308 g/mol. The van der Waals surface area contributed by atoms with Gasteiger partial charge >= 0.3 is 5.63 Å². The maximum Gasteiger partial charge on any atom is 0.339 e. The van der Waals surface area contributed by atoms with Gasteiger partial charge in [-0.05, 0) is 43.7 Å². The van der Waals surface area contributed by atoms with Gasteiger partial charge in [-0.2, -0.15) is 0 Å². The number of anilines is 1. The molecule has 23 heavy (non-hydrogen) atoms. The maximum absolute atomic E-state index is 12.1. The standard InChI is InChI=1S/C18H16N2O3/c1-11-12(2)18(21)23-17-14(11)5-6-16-15(17)9-20(10-22-16)13-4-3-7-19-8-13/h3-8H,9-10H2,1-2H3. The molecular formula is C18H16N2O3. The van der Waals surface area contributed by atoms with E-state index in [1.54, 1.807) is 19.3 Å². The number of rotatable bonds is 1. The Bertz CT molecular complexity index is 948. The van der Waals surface area contributed by atoms with Crippen molar-refractivity contribution in [1.82, 2.24) is 4.98 Å². The summed E-state index contributed by atoms with van der Waals surface area (Å²) in [7, 11) is 0. The van der Waals surface area contributed by atoms with Crippen molar-refractivity contribution in [2.45, 2.75) is 20.4 Å². The molecule has 0 atom stereocenters. The van der Waals surface area contributed by atoms with E-state index in [0.717, 1.165) is 28.0 Å². The van der Waals surface area contributed by atoms with Crippen LogP contribution in [0.3, 0.4) is 0 Å². The molecule has 0 amide bonds. The number of hydrogen-bond donors (Lipinski definition) is 0. The fourth-order valence-electron chi connectivity index (χ4n) is 2.92. The molecule has 1 aliphatic rings. The number of hydrogen-bond acceptors (Lipinski definition) is 5. The van der Waals surface area contributed by atoms with Gasteiger partial charge in [0, 0.05) is 17.1 Å². The van der Waals surface area contributed by atoms with E-state index in [1.807, 2.05) is 31.2 Å². The van der Waals surface area contributed by atoms with Gasteiger partial charge in [0.1, 0.15) is 11.3 Å². The highest BCUT2D eigenvalue weighted by molar-refractivity contribution is 5.86. The zero-order valence-corrected chi connectivity index (χ0v) is 13.0. The summed E-state index contributed by atoms with van der Waals surface area (Å²) in [5, 5.41) is 0.956. The van der Waals surface area contributed by atoms with Crippen LogP contribution in [0.5, 0.6) is 5.75 Å². The molecule has 0 spiro atoms. The van der Waals surface area contributed by atoms with Crippen LogP contribution in [0.25, 0.3) is 11.0 Å². The van der Waals surface area contributed by atoms with Gasteiger partial charge in [0.15, 0.2) is 6.73 Å². The van der Waals surface area contributed by atoms with Gasteiger partial charge < -0.3 is 14.1 Å². The summed E-state index contributed by atoms with van der Waals surface area (Å²) in [6, 6.07) is 7.78. The first kappa shape index (κ1) is 13.8. The lowest BCUT2D eigenvalue weighted by Crippen LogP contribution is -2.32. The van der Waals surface area contributed by atoms with Gasteiger partial charge in [-0.15, -0.1) is 0 Å². The summed E-state index contributed by atoms with van der Waals surface area (Å²) in [6.07, 6.45) is 3.54. The Morgan fingerprint density at radius 2 is 2.04 bits per heavy atom. The second-order valence-electron chi connectivity index (χ2n) is 5.74. The Kier molecular flexibility index (Phi) is 3.08. The lowest BCUT2D eigenvalue weighted by atomic mass is 10.0. The molecule has 116 valence electrons. The molecule has 0 saturated heterocycles. The number of aromatic nitrogens is 1. The number of fused-ring (bicyclic) bond motifs is 3. The van der Waals surface area contributed by atoms with Crippen molar-refractivity contribution in [2.24, 2.45) is 0 Å². The lowest BCUT2D eigenvalue weighted by molar-refractivity contribution is 0.289. The topological polar surface area (TPSA) is 55.6 Å². The van der Waals surface area contributed by atoms with Crippen molar-refractivity contribution in [3.63, 3.8) is 0 Å². The molecule has 0 radical (unpaired) electrons. The minimum absolute atomic E-state index is 0.290. The van der Waals surface area contributed by atoms with Crippen molar-refractivity contribution in [1.29, 1.82) is 0 Å². The number of benzene rings is 1. The second-order valence-corrected chi connectivity index (χ2v) is 5.74. The van der Waals surface area contributed by atoms with Gasteiger partial charge in [0.25, 0.3) is 0 Å². The van der Waals surface area contributed by atoms with Crippen LogP contribution in [0.15, 0.2) is 45.9 Å². The first-order chi connectivity index (χ1) is 11.1. The highest BCUT2D eigenvalue weighted by atomic mass is 16.5. The Hall–Kier alpha value is -2.82. The summed E-state index contributed by atoms with van der Waals surface area (Å²) >= 11 is 0. The van der Waals surface area contributed by atoms with E-state index in [1.165, 1.54) is 0 Å². The Morgan fingerprint density at radius 1 is 1.17 bits per heavy atom. The van der Waals surface area contributed by atoms with E-state index in [-0.39, 0.29) is 5.63 Å². The SMILES string of the molecule is Cc1c(C)c2ccc3c(c2oc1=O)CN(c1cccnc1)CO3. The van der Waals surface area contributed by atoms with Gasteiger partial charge in [0.05, 0.1) is 24.0 Å². The van der Waals surface area contributed by atoms with Gasteiger partial charge in [-0.25, -0.2) is 4.79 Å². The molecule has 5 heteroatoms. The van der Waals surface area contributed by atoms with E-state index in [2.05, 4.69) is 9.88 Å². The zero-order chi connectivity index (χ0) is 16.0. The van der Waals surface area contributed by atoms with Crippen LogP contribution in [0.2, 0.25) is 0 Å². The highest BCUT2D eigenvalue weighted by Gasteiger charge is 2.23. The van der Waals surface area contributed by atoms with Crippen LogP contribution in [0, 0.1) is 13.8 Å². The third-order valence-electron chi connectivity index (χ3n) is 4.42. The molecular weight excluding hydrogens is 292 g/mol. The third kappa shape index (κ3) is 2.16. The summed E-state index contributed by atoms with van der Waals surface area (Å²) in [5.74, 6) is 0.768. The predicted octanol–water partition coefficient (Wildman–Crippen LogP) is 3.16. The van der Waals surface area contributed by atoms with E-state index in [9.17, 15) is 4.79 Å². The number of ether oxygens (including phenoxy) is 1. The molecule has 0 unspecified atom stereocenters. The number of nitrogens with zero attached hydrogens (tertiary/aromatic N) is 2. The van der Waals surface area contributed by atoms with Crippen molar-refractivity contribution in [3.05, 3.63) is 63.8 Å². The van der Waals surface area contributed by atoms with Crippen molar-refractivity contribution in [2.75, 3.05) is 11.6 Å². The summed E-state index contributed by atoms with van der Waals surface area (Å²) in [6.45, 7) is 4.80. The summed E-state index contributed by atoms with van der Waals surface area (Å²) in [5.41, 5.74) is 3.81. The Morgan fingerprint density at radius 3 is 2.83 bits per heavy atom. The van der Waals surface area contributed by atoms with Gasteiger partial charge in [-0.3, -0.25) is 4.98 Å². The predicted molar refractivity (Wildman–Crippen MR) is 87.9 cm³/mol.